The highest BCUT2D eigenvalue weighted by Gasteiger charge is 2.16. The van der Waals surface area contributed by atoms with Gasteiger partial charge in [0.15, 0.2) is 0 Å². The van der Waals surface area contributed by atoms with Crippen LogP contribution in [0.2, 0.25) is 0 Å². The van der Waals surface area contributed by atoms with Crippen LogP contribution >= 0.6 is 27.7 Å². The second-order valence-electron chi connectivity index (χ2n) is 6.05. The van der Waals surface area contributed by atoms with Crippen molar-refractivity contribution >= 4 is 39.3 Å². The Kier molecular flexibility index (Phi) is 5.63. The molecule has 10 heteroatoms. The first-order valence-electron chi connectivity index (χ1n) is 8.60. The number of hydrogen-bond acceptors (Lipinski definition) is 6. The van der Waals surface area contributed by atoms with Gasteiger partial charge < -0.3 is 11.2 Å². The van der Waals surface area contributed by atoms with Crippen molar-refractivity contribution in [3.63, 3.8) is 0 Å². The lowest BCUT2D eigenvalue weighted by Gasteiger charge is -2.05. The maximum absolute atomic E-state index is 12.2. The number of carbonyl (C=O) groups excluding carboxylic acids is 1. The van der Waals surface area contributed by atoms with Crippen molar-refractivity contribution in [1.29, 1.82) is 0 Å². The maximum atomic E-state index is 12.2. The van der Waals surface area contributed by atoms with E-state index in [0.717, 1.165) is 21.4 Å². The summed E-state index contributed by atoms with van der Waals surface area (Å²) in [5, 5.41) is 18.7. The van der Waals surface area contributed by atoms with Crippen LogP contribution in [0.25, 0.3) is 22.8 Å². The number of hydrogen-bond donors (Lipinski definition) is 3. The van der Waals surface area contributed by atoms with Gasteiger partial charge in [-0.05, 0) is 30.3 Å². The molecule has 0 saturated carbocycles. The van der Waals surface area contributed by atoms with Gasteiger partial charge >= 0.3 is 0 Å². The third-order valence-corrected chi connectivity index (χ3v) is 5.48. The molecule has 0 aliphatic rings. The second kappa shape index (κ2) is 8.50. The van der Waals surface area contributed by atoms with Crippen LogP contribution in [0.1, 0.15) is 0 Å². The number of aromatic amines is 1. The van der Waals surface area contributed by atoms with E-state index >= 15 is 0 Å². The summed E-state index contributed by atoms with van der Waals surface area (Å²) in [6, 6.07) is 19.0. The van der Waals surface area contributed by atoms with E-state index in [9.17, 15) is 4.79 Å². The Morgan fingerprint density at radius 3 is 2.66 bits per heavy atom. The third kappa shape index (κ3) is 4.49. The maximum Gasteiger partial charge on any atom is 0.234 e. The zero-order valence-corrected chi connectivity index (χ0v) is 17.4. The van der Waals surface area contributed by atoms with E-state index in [1.54, 1.807) is 0 Å². The summed E-state index contributed by atoms with van der Waals surface area (Å²) in [5.41, 5.74) is 3.13. The van der Waals surface area contributed by atoms with Gasteiger partial charge in [0.05, 0.1) is 11.4 Å². The van der Waals surface area contributed by atoms with Crippen LogP contribution in [0.5, 0.6) is 0 Å². The van der Waals surface area contributed by atoms with Gasteiger partial charge in [-0.1, -0.05) is 58.0 Å². The first-order chi connectivity index (χ1) is 14.1. The van der Waals surface area contributed by atoms with E-state index in [2.05, 4.69) is 41.6 Å². The van der Waals surface area contributed by atoms with E-state index < -0.39 is 0 Å². The molecule has 0 atom stereocenters. The minimum Gasteiger partial charge on any atom is -0.335 e. The van der Waals surface area contributed by atoms with E-state index in [0.29, 0.717) is 16.7 Å². The highest BCUT2D eigenvalue weighted by atomic mass is 79.9. The van der Waals surface area contributed by atoms with Gasteiger partial charge in [0.2, 0.25) is 16.9 Å². The number of nitrogen functional groups attached to an aromatic ring is 1. The van der Waals surface area contributed by atoms with Gasteiger partial charge in [-0.15, -0.1) is 10.2 Å². The van der Waals surface area contributed by atoms with Crippen molar-refractivity contribution in [3.8, 4) is 22.8 Å². The molecule has 0 unspecified atom stereocenters. The van der Waals surface area contributed by atoms with Crippen LogP contribution in [0, 0.1) is 0 Å². The molecule has 2 aromatic heterocycles. The molecule has 29 heavy (non-hydrogen) atoms. The van der Waals surface area contributed by atoms with Crippen molar-refractivity contribution in [2.75, 3.05) is 16.9 Å². The summed E-state index contributed by atoms with van der Waals surface area (Å²) in [4.78, 5) is 12.2. The average molecular weight is 470 g/mol. The molecule has 1 amide bonds. The lowest BCUT2D eigenvalue weighted by atomic mass is 10.1. The molecule has 2 heterocycles. The number of rotatable bonds is 6. The quantitative estimate of drug-likeness (QED) is 0.293. The van der Waals surface area contributed by atoms with E-state index in [1.807, 2.05) is 60.7 Å². The normalized spacial score (nSPS) is 10.8. The molecule has 146 valence electrons. The lowest BCUT2D eigenvalue weighted by molar-refractivity contribution is -0.113. The molecule has 0 aliphatic heterocycles. The summed E-state index contributed by atoms with van der Waals surface area (Å²) >= 11 is 4.57. The Labute approximate surface area is 179 Å². The molecule has 8 nitrogen and oxygen atoms in total. The smallest absolute Gasteiger partial charge is 0.234 e. The van der Waals surface area contributed by atoms with Crippen molar-refractivity contribution in [1.82, 2.24) is 25.1 Å². The number of carbonyl (C=O) groups is 1. The van der Waals surface area contributed by atoms with Gasteiger partial charge in [0.25, 0.3) is 0 Å². The summed E-state index contributed by atoms with van der Waals surface area (Å²) < 4.78 is 2.29. The van der Waals surface area contributed by atoms with Crippen molar-refractivity contribution in [2.45, 2.75) is 5.16 Å². The summed E-state index contributed by atoms with van der Waals surface area (Å²) in [5.74, 6) is 6.56. The van der Waals surface area contributed by atoms with Crippen LogP contribution < -0.4 is 11.2 Å². The molecule has 2 aromatic carbocycles. The predicted octanol–water partition coefficient (Wildman–Crippen LogP) is 3.54. The van der Waals surface area contributed by atoms with Crippen LogP contribution in [-0.2, 0) is 4.79 Å². The van der Waals surface area contributed by atoms with E-state index in [4.69, 9.17) is 5.84 Å². The fraction of sp³-hybridized carbons (Fsp3) is 0.0526. The van der Waals surface area contributed by atoms with Crippen molar-refractivity contribution in [2.24, 2.45) is 0 Å². The number of H-pyrrole nitrogens is 1. The summed E-state index contributed by atoms with van der Waals surface area (Å²) in [7, 11) is 0. The molecular formula is C19H16BrN7OS. The zero-order valence-electron chi connectivity index (χ0n) is 15.0. The standard InChI is InChI=1S/C19H16BrN7OS/c20-13-6-8-14(9-7-13)22-17(28)11-29-19-26-25-18(27(19)21)16-10-15(23-24-16)12-4-2-1-3-5-12/h1-10H,11,21H2,(H,22,28)(H,23,24). The molecule has 0 saturated heterocycles. The van der Waals surface area contributed by atoms with Gasteiger partial charge in [-0.2, -0.15) is 5.10 Å². The Balaban J connectivity index is 1.42. The number of nitrogens with zero attached hydrogens (tertiary/aromatic N) is 4. The largest absolute Gasteiger partial charge is 0.335 e. The summed E-state index contributed by atoms with van der Waals surface area (Å²) in [6.45, 7) is 0. The molecule has 0 fully saturated rings. The van der Waals surface area contributed by atoms with Gasteiger partial charge in [0, 0.05) is 15.7 Å². The van der Waals surface area contributed by atoms with Gasteiger partial charge in [0.1, 0.15) is 5.69 Å². The minimum atomic E-state index is -0.158. The Morgan fingerprint density at radius 2 is 1.90 bits per heavy atom. The van der Waals surface area contributed by atoms with E-state index in [1.165, 1.54) is 16.4 Å². The van der Waals surface area contributed by atoms with Gasteiger partial charge in [-0.25, -0.2) is 4.68 Å². The topological polar surface area (TPSA) is 115 Å². The predicted molar refractivity (Wildman–Crippen MR) is 117 cm³/mol. The fourth-order valence-electron chi connectivity index (χ4n) is 2.61. The molecule has 4 rings (SSSR count). The highest BCUT2D eigenvalue weighted by Crippen LogP contribution is 2.24. The highest BCUT2D eigenvalue weighted by molar-refractivity contribution is 9.10. The Morgan fingerprint density at radius 1 is 1.14 bits per heavy atom. The number of nitrogens with one attached hydrogen (secondary N) is 2. The minimum absolute atomic E-state index is 0.156. The molecule has 0 aliphatic carbocycles. The fourth-order valence-corrected chi connectivity index (χ4v) is 3.53. The first kappa shape index (κ1) is 19.2. The van der Waals surface area contributed by atoms with Crippen molar-refractivity contribution < 1.29 is 4.79 Å². The number of aromatic nitrogens is 5. The molecular weight excluding hydrogens is 454 g/mol. The number of anilines is 1. The Bertz CT molecular complexity index is 1130. The van der Waals surface area contributed by atoms with Crippen LogP contribution in [-0.4, -0.2) is 36.7 Å². The average Bonchev–Trinajstić information content (AvgIpc) is 3.36. The number of halogens is 1. The van der Waals surface area contributed by atoms with Crippen LogP contribution in [0.3, 0.4) is 0 Å². The van der Waals surface area contributed by atoms with Crippen molar-refractivity contribution in [3.05, 3.63) is 65.1 Å². The third-order valence-electron chi connectivity index (χ3n) is 4.01. The van der Waals surface area contributed by atoms with Crippen LogP contribution in [0.15, 0.2) is 70.3 Å². The Hall–Kier alpha value is -3.11. The van der Waals surface area contributed by atoms with E-state index in [-0.39, 0.29) is 11.7 Å². The molecule has 0 spiro atoms. The van der Waals surface area contributed by atoms with Gasteiger partial charge in [-0.3, -0.25) is 9.89 Å². The number of thioether (sulfide) groups is 1. The number of amides is 1. The first-order valence-corrected chi connectivity index (χ1v) is 10.4. The molecule has 4 aromatic rings. The summed E-state index contributed by atoms with van der Waals surface area (Å²) in [6.07, 6.45) is 0. The SMILES string of the molecule is Nn1c(SCC(=O)Nc2ccc(Br)cc2)nnc1-c1cc(-c2ccccc2)n[nH]1. The van der Waals surface area contributed by atoms with Crippen LogP contribution in [0.4, 0.5) is 5.69 Å². The lowest BCUT2D eigenvalue weighted by Crippen LogP contribution is -2.16. The molecule has 4 N–H and O–H groups in total. The second-order valence-corrected chi connectivity index (χ2v) is 7.91. The monoisotopic (exact) mass is 469 g/mol. The molecule has 0 bridgehead atoms. The number of benzene rings is 2. The zero-order chi connectivity index (χ0) is 20.2. The number of nitrogens with two attached hydrogens (primary N) is 1. The molecule has 0 radical (unpaired) electrons.